The molecule has 0 aliphatic carbocycles. The van der Waals surface area contributed by atoms with Gasteiger partial charge in [-0.2, -0.15) is 0 Å². The average molecular weight is 748 g/mol. The number of methoxy groups -OCH3 is 2. The van der Waals surface area contributed by atoms with E-state index in [0.717, 1.165) is 0 Å². The molecule has 18 atom stereocenters. The zero-order valence-corrected chi connectivity index (χ0v) is 33.9. The molecule has 52 heavy (non-hydrogen) atoms. The maximum atomic E-state index is 14.2. The van der Waals surface area contributed by atoms with Crippen LogP contribution in [0.25, 0.3) is 0 Å². The predicted molar refractivity (Wildman–Crippen MR) is 191 cm³/mol. The number of likely N-dealkylation sites (N-methyl/N-ethyl adjacent to an activating group) is 1. The maximum absolute atomic E-state index is 14.2. The molecular formula is C38H69NO13. The molecule has 3 rings (SSSR count). The lowest BCUT2D eigenvalue weighted by Gasteiger charge is -2.50. The Hall–Kier alpha value is -1.30. The molecule has 4 N–H and O–H groups in total. The van der Waals surface area contributed by atoms with Gasteiger partial charge in [0, 0.05) is 44.4 Å². The van der Waals surface area contributed by atoms with Crippen LogP contribution in [0, 0.1) is 23.7 Å². The average Bonchev–Trinajstić information content (AvgIpc) is 3.09. The summed E-state index contributed by atoms with van der Waals surface area (Å²) in [7, 11) is 6.77. The van der Waals surface area contributed by atoms with Gasteiger partial charge < -0.3 is 58.5 Å². The Morgan fingerprint density at radius 2 is 1.44 bits per heavy atom. The highest BCUT2D eigenvalue weighted by Crippen LogP contribution is 2.41. The van der Waals surface area contributed by atoms with Crippen molar-refractivity contribution < 1.29 is 63.2 Å². The Morgan fingerprint density at radius 1 is 0.846 bits per heavy atom. The highest BCUT2D eigenvalue weighted by atomic mass is 16.7. The van der Waals surface area contributed by atoms with Crippen LogP contribution in [0.15, 0.2) is 0 Å². The molecule has 0 aromatic rings. The molecule has 0 saturated carbocycles. The van der Waals surface area contributed by atoms with Gasteiger partial charge in [0.05, 0.1) is 47.6 Å². The fourth-order valence-corrected chi connectivity index (χ4v) is 8.58. The van der Waals surface area contributed by atoms with Crippen molar-refractivity contribution >= 4 is 11.8 Å². The van der Waals surface area contributed by atoms with Gasteiger partial charge in [0.15, 0.2) is 12.6 Å². The fraction of sp³-hybridized carbons (Fsp3) is 0.947. The third-order valence-corrected chi connectivity index (χ3v) is 12.3. The van der Waals surface area contributed by atoms with E-state index in [1.807, 2.05) is 32.8 Å². The number of nitrogens with zero attached hydrogens (tertiary/aromatic N) is 1. The van der Waals surface area contributed by atoms with Crippen LogP contribution in [-0.4, -0.2) is 150 Å². The highest BCUT2D eigenvalue weighted by Gasteiger charge is 2.54. The largest absolute Gasteiger partial charge is 0.459 e. The van der Waals surface area contributed by atoms with E-state index >= 15 is 0 Å². The minimum Gasteiger partial charge on any atom is -0.459 e. The van der Waals surface area contributed by atoms with E-state index in [2.05, 4.69) is 0 Å². The Labute approximate surface area is 310 Å². The van der Waals surface area contributed by atoms with E-state index in [-0.39, 0.29) is 37.2 Å². The first-order chi connectivity index (χ1) is 24.0. The van der Waals surface area contributed by atoms with Gasteiger partial charge in [0.1, 0.15) is 29.7 Å². The maximum Gasteiger partial charge on any atom is 0.311 e. The molecule has 3 aliphatic heterocycles. The van der Waals surface area contributed by atoms with Crippen LogP contribution in [0.2, 0.25) is 0 Å². The number of hydrogen-bond acceptors (Lipinski definition) is 14. The van der Waals surface area contributed by atoms with Crippen LogP contribution in [0.4, 0.5) is 0 Å². The van der Waals surface area contributed by atoms with Crippen LogP contribution in [0.1, 0.15) is 94.9 Å². The molecule has 14 heteroatoms. The van der Waals surface area contributed by atoms with Gasteiger partial charge in [-0.05, 0) is 74.9 Å². The number of hydrogen-bond donors (Lipinski definition) is 4. The van der Waals surface area contributed by atoms with E-state index in [4.69, 9.17) is 33.2 Å². The second-order valence-electron chi connectivity index (χ2n) is 16.6. The topological polar surface area (TPSA) is 183 Å². The zero-order valence-electron chi connectivity index (χ0n) is 33.9. The van der Waals surface area contributed by atoms with Crippen LogP contribution >= 0.6 is 0 Å². The van der Waals surface area contributed by atoms with Gasteiger partial charge in [-0.3, -0.25) is 9.59 Å². The SMILES string of the molecule is CC[C@H]1OC(=O)[C@H](C)[C@@H](OC2C[C@@](C)(OC)[C@@H](O)[C@H](C)O2)[C@H](C)[C@@H](O[C@@H]2O[C@H](C)C[C@H](N(C)C)[C@H]2O)[C@](C)(OC)C[C@@H](C)C(=O)[C@H](C)[C@@H](O)[C@]1(C)O. The predicted octanol–water partition coefficient (Wildman–Crippen LogP) is 2.44. The number of carbonyl (C=O) groups is 2. The first-order valence-corrected chi connectivity index (χ1v) is 18.9. The summed E-state index contributed by atoms with van der Waals surface area (Å²) in [4.78, 5) is 30.1. The van der Waals surface area contributed by atoms with E-state index in [0.29, 0.717) is 6.42 Å². The minimum absolute atomic E-state index is 0.111. The molecule has 1 unspecified atom stereocenters. The second-order valence-corrected chi connectivity index (χ2v) is 16.6. The first kappa shape index (κ1) is 45.1. The number of ketones is 1. The van der Waals surface area contributed by atoms with E-state index in [1.54, 1.807) is 48.5 Å². The molecular weight excluding hydrogens is 678 g/mol. The molecule has 304 valence electrons. The fourth-order valence-electron chi connectivity index (χ4n) is 8.58. The van der Waals surface area contributed by atoms with Gasteiger partial charge in [-0.15, -0.1) is 0 Å². The number of rotatable bonds is 8. The molecule has 0 amide bonds. The number of Topliss-reactive ketones (excluding diaryl/α,β-unsaturated/α-hetero) is 1. The normalized spacial score (nSPS) is 49.0. The van der Waals surface area contributed by atoms with Gasteiger partial charge in [-0.25, -0.2) is 0 Å². The van der Waals surface area contributed by atoms with Crippen molar-refractivity contribution in [2.24, 2.45) is 23.7 Å². The molecule has 0 radical (unpaired) electrons. The third-order valence-electron chi connectivity index (χ3n) is 12.3. The van der Waals surface area contributed by atoms with Crippen molar-refractivity contribution in [3.63, 3.8) is 0 Å². The Kier molecular flexibility index (Phi) is 15.3. The first-order valence-electron chi connectivity index (χ1n) is 18.9. The quantitative estimate of drug-likeness (QED) is 0.266. The monoisotopic (exact) mass is 747 g/mol. The molecule has 3 heterocycles. The number of esters is 1. The summed E-state index contributed by atoms with van der Waals surface area (Å²) < 4.78 is 43.9. The number of aliphatic hydroxyl groups excluding tert-OH is 3. The summed E-state index contributed by atoms with van der Waals surface area (Å²) in [6.07, 6.45) is -8.73. The third kappa shape index (κ3) is 9.38. The molecule has 3 saturated heterocycles. The summed E-state index contributed by atoms with van der Waals surface area (Å²) in [6, 6.07) is -0.283. The van der Waals surface area contributed by atoms with Gasteiger partial charge >= 0.3 is 5.97 Å². The number of carbonyl (C=O) groups excluding carboxylic acids is 2. The van der Waals surface area contributed by atoms with Crippen molar-refractivity contribution in [3.8, 4) is 0 Å². The number of cyclic esters (lactones) is 1. The van der Waals surface area contributed by atoms with Crippen LogP contribution in [-0.2, 0) is 42.7 Å². The molecule has 0 spiro atoms. The van der Waals surface area contributed by atoms with E-state index in [9.17, 15) is 30.0 Å². The minimum atomic E-state index is -1.96. The Morgan fingerprint density at radius 3 is 1.98 bits per heavy atom. The van der Waals surface area contributed by atoms with Crippen LogP contribution in [0.5, 0.6) is 0 Å². The molecule has 0 aromatic carbocycles. The summed E-state index contributed by atoms with van der Waals surface area (Å²) in [5, 5.41) is 45.6. The van der Waals surface area contributed by atoms with Crippen molar-refractivity contribution in [1.29, 1.82) is 0 Å². The van der Waals surface area contributed by atoms with Gasteiger partial charge in [0.2, 0.25) is 0 Å². The number of ether oxygens (including phenoxy) is 7. The molecule has 0 bridgehead atoms. The van der Waals surface area contributed by atoms with E-state index in [1.165, 1.54) is 21.1 Å². The standard InChI is InChI=1S/C38H69NO13/c1-15-26-38(10,45)31(42)21(4)28(40)19(2)17-37(9,47-14)33(52-35-29(41)25(39(11)12)16-20(3)48-35)22(5)30(23(6)34(44)50-26)51-27-18-36(8,46-13)32(43)24(7)49-27/h19-27,29-33,35,41-43,45H,15-18H2,1-14H3/t19-,20-,21+,22+,23-,24+,25+,26-,27?,29-,30+,31-,32+,33-,35+,36-,37-,38-/m1/s1. The van der Waals surface area contributed by atoms with Crippen LogP contribution < -0.4 is 0 Å². The molecule has 14 nitrogen and oxygen atoms in total. The number of aliphatic hydroxyl groups is 4. The summed E-state index contributed by atoms with van der Waals surface area (Å²) in [6.45, 7) is 17.1. The summed E-state index contributed by atoms with van der Waals surface area (Å²) in [5.74, 6) is -4.47. The van der Waals surface area contributed by atoms with Gasteiger partial charge in [-0.1, -0.05) is 27.7 Å². The lowest BCUT2D eigenvalue weighted by atomic mass is 9.74. The van der Waals surface area contributed by atoms with Crippen molar-refractivity contribution in [1.82, 2.24) is 4.90 Å². The van der Waals surface area contributed by atoms with Gasteiger partial charge in [0.25, 0.3) is 0 Å². The van der Waals surface area contributed by atoms with E-state index < -0.39 is 102 Å². The zero-order chi connectivity index (χ0) is 39.7. The lowest BCUT2D eigenvalue weighted by molar-refractivity contribution is -0.319. The van der Waals surface area contributed by atoms with Crippen molar-refractivity contribution in [2.45, 2.75) is 179 Å². The summed E-state index contributed by atoms with van der Waals surface area (Å²) >= 11 is 0. The molecule has 3 fully saturated rings. The smallest absolute Gasteiger partial charge is 0.311 e. The Bertz CT molecular complexity index is 1190. The highest BCUT2D eigenvalue weighted by molar-refractivity contribution is 5.83. The van der Waals surface area contributed by atoms with Crippen LogP contribution in [0.3, 0.4) is 0 Å². The molecule has 0 aromatic heterocycles. The van der Waals surface area contributed by atoms with Crippen molar-refractivity contribution in [3.05, 3.63) is 0 Å². The van der Waals surface area contributed by atoms with Crippen molar-refractivity contribution in [2.75, 3.05) is 28.3 Å². The lowest BCUT2D eigenvalue weighted by Crippen LogP contribution is -2.61. The summed E-state index contributed by atoms with van der Waals surface area (Å²) in [5.41, 5.74) is -4.24. The molecule has 3 aliphatic rings. The Balaban J connectivity index is 2.22. The second kappa shape index (κ2) is 17.7.